The largest absolute Gasteiger partial charge is 0.496 e. The van der Waals surface area contributed by atoms with Crippen molar-refractivity contribution in [3.8, 4) is 17.2 Å². The number of amides is 2. The van der Waals surface area contributed by atoms with E-state index in [2.05, 4.69) is 26.6 Å². The predicted octanol–water partition coefficient (Wildman–Crippen LogP) is 3.79. The molecule has 138 valence electrons. The standard InChI is InChI=1S/C19H21BrN2O4/c1-12(13-3-5-17-18(10-13)26-8-7-25-17)22-19(23)21-11-14-9-15(20)4-6-16(14)24-2/h3-6,9-10,12H,7-8,11H2,1-2H3,(H2,21,22,23). The molecule has 1 aliphatic rings. The zero-order chi connectivity index (χ0) is 18.5. The number of rotatable bonds is 5. The zero-order valence-electron chi connectivity index (χ0n) is 14.7. The van der Waals surface area contributed by atoms with Crippen molar-refractivity contribution >= 4 is 22.0 Å². The van der Waals surface area contributed by atoms with E-state index in [1.54, 1.807) is 7.11 Å². The quantitative estimate of drug-likeness (QED) is 0.771. The number of urea groups is 1. The summed E-state index contributed by atoms with van der Waals surface area (Å²) in [5.41, 5.74) is 1.84. The maximum atomic E-state index is 12.2. The van der Waals surface area contributed by atoms with Crippen LogP contribution >= 0.6 is 15.9 Å². The lowest BCUT2D eigenvalue weighted by Gasteiger charge is -2.21. The number of carbonyl (C=O) groups is 1. The Hall–Kier alpha value is -2.41. The summed E-state index contributed by atoms with van der Waals surface area (Å²) in [4.78, 5) is 12.2. The molecular formula is C19H21BrN2O4. The second-order valence-electron chi connectivity index (χ2n) is 5.91. The first-order chi connectivity index (χ1) is 12.6. The summed E-state index contributed by atoms with van der Waals surface area (Å²) >= 11 is 3.43. The third-order valence-corrected chi connectivity index (χ3v) is 4.59. The number of nitrogens with one attached hydrogen (secondary N) is 2. The fourth-order valence-corrected chi connectivity index (χ4v) is 3.13. The monoisotopic (exact) mass is 420 g/mol. The van der Waals surface area contributed by atoms with Crippen LogP contribution in [-0.4, -0.2) is 26.4 Å². The van der Waals surface area contributed by atoms with Crippen LogP contribution in [0.3, 0.4) is 0 Å². The van der Waals surface area contributed by atoms with E-state index in [-0.39, 0.29) is 12.1 Å². The van der Waals surface area contributed by atoms with Gasteiger partial charge in [0.25, 0.3) is 0 Å². The highest BCUT2D eigenvalue weighted by Crippen LogP contribution is 2.32. The molecule has 0 aliphatic carbocycles. The highest BCUT2D eigenvalue weighted by atomic mass is 79.9. The topological polar surface area (TPSA) is 68.8 Å². The van der Waals surface area contributed by atoms with Crippen LogP contribution in [-0.2, 0) is 6.54 Å². The van der Waals surface area contributed by atoms with Gasteiger partial charge in [0.15, 0.2) is 11.5 Å². The first-order valence-corrected chi connectivity index (χ1v) is 9.12. The summed E-state index contributed by atoms with van der Waals surface area (Å²) in [7, 11) is 1.61. The highest BCUT2D eigenvalue weighted by molar-refractivity contribution is 9.10. The van der Waals surface area contributed by atoms with Crippen LogP contribution in [0.25, 0.3) is 0 Å². The van der Waals surface area contributed by atoms with E-state index in [4.69, 9.17) is 14.2 Å². The van der Waals surface area contributed by atoms with Gasteiger partial charge in [0.1, 0.15) is 19.0 Å². The maximum absolute atomic E-state index is 12.2. The molecule has 1 aliphatic heterocycles. The third kappa shape index (κ3) is 4.40. The van der Waals surface area contributed by atoms with Gasteiger partial charge in [-0.05, 0) is 42.8 Å². The number of hydrogen-bond donors (Lipinski definition) is 2. The van der Waals surface area contributed by atoms with E-state index < -0.39 is 0 Å². The highest BCUT2D eigenvalue weighted by Gasteiger charge is 2.16. The average molecular weight is 421 g/mol. The van der Waals surface area contributed by atoms with E-state index in [1.807, 2.05) is 43.3 Å². The number of carbonyl (C=O) groups excluding carboxylic acids is 1. The van der Waals surface area contributed by atoms with Crippen LogP contribution in [0.15, 0.2) is 40.9 Å². The molecule has 3 rings (SSSR count). The summed E-state index contributed by atoms with van der Waals surface area (Å²) in [6.45, 7) is 3.38. The lowest BCUT2D eigenvalue weighted by Crippen LogP contribution is -2.36. The lowest BCUT2D eigenvalue weighted by atomic mass is 10.1. The summed E-state index contributed by atoms with van der Waals surface area (Å²) in [6, 6.07) is 10.9. The molecule has 0 saturated carbocycles. The Balaban J connectivity index is 1.59. The Kier molecular flexibility index (Phi) is 5.88. The number of ether oxygens (including phenoxy) is 3. The number of hydrogen-bond acceptors (Lipinski definition) is 4. The summed E-state index contributed by atoms with van der Waals surface area (Å²) in [5.74, 6) is 2.17. The number of fused-ring (bicyclic) bond motifs is 1. The van der Waals surface area contributed by atoms with Gasteiger partial charge in [-0.3, -0.25) is 0 Å². The minimum Gasteiger partial charge on any atom is -0.496 e. The minimum atomic E-state index is -0.255. The van der Waals surface area contributed by atoms with Crippen LogP contribution in [0.4, 0.5) is 4.79 Å². The van der Waals surface area contributed by atoms with Crippen molar-refractivity contribution in [1.82, 2.24) is 10.6 Å². The van der Waals surface area contributed by atoms with E-state index in [9.17, 15) is 4.79 Å². The van der Waals surface area contributed by atoms with Gasteiger partial charge >= 0.3 is 6.03 Å². The number of methoxy groups -OCH3 is 1. The predicted molar refractivity (Wildman–Crippen MR) is 102 cm³/mol. The van der Waals surface area contributed by atoms with Crippen molar-refractivity contribution in [3.63, 3.8) is 0 Å². The van der Waals surface area contributed by atoms with Gasteiger partial charge in [0, 0.05) is 16.6 Å². The van der Waals surface area contributed by atoms with Crippen molar-refractivity contribution in [2.24, 2.45) is 0 Å². The normalized spacial score (nSPS) is 13.7. The molecule has 0 saturated heterocycles. The van der Waals surface area contributed by atoms with Crippen LogP contribution in [0.1, 0.15) is 24.1 Å². The van der Waals surface area contributed by atoms with Gasteiger partial charge in [-0.25, -0.2) is 4.79 Å². The van der Waals surface area contributed by atoms with E-state index in [1.165, 1.54) is 0 Å². The van der Waals surface area contributed by atoms with Crippen molar-refractivity contribution in [2.45, 2.75) is 19.5 Å². The molecule has 0 aromatic heterocycles. The Bertz CT molecular complexity index is 797. The minimum absolute atomic E-state index is 0.171. The van der Waals surface area contributed by atoms with Crippen LogP contribution in [0.5, 0.6) is 17.2 Å². The summed E-state index contributed by atoms with van der Waals surface area (Å²) < 4.78 is 17.4. The molecule has 26 heavy (non-hydrogen) atoms. The molecule has 1 unspecified atom stereocenters. The van der Waals surface area contributed by atoms with Crippen molar-refractivity contribution < 1.29 is 19.0 Å². The zero-order valence-corrected chi connectivity index (χ0v) is 16.3. The summed E-state index contributed by atoms with van der Waals surface area (Å²) in [6.07, 6.45) is 0. The number of benzene rings is 2. The van der Waals surface area contributed by atoms with Crippen molar-refractivity contribution in [2.75, 3.05) is 20.3 Å². The van der Waals surface area contributed by atoms with Gasteiger partial charge in [0.2, 0.25) is 0 Å². The second kappa shape index (κ2) is 8.31. The van der Waals surface area contributed by atoms with Crippen molar-refractivity contribution in [1.29, 1.82) is 0 Å². The van der Waals surface area contributed by atoms with Gasteiger partial charge in [-0.1, -0.05) is 22.0 Å². The Labute approximate surface area is 161 Å². The summed E-state index contributed by atoms with van der Waals surface area (Å²) in [5, 5.41) is 5.78. The van der Waals surface area contributed by atoms with Crippen LogP contribution in [0.2, 0.25) is 0 Å². The Morgan fingerprint density at radius 1 is 1.19 bits per heavy atom. The molecular weight excluding hydrogens is 400 g/mol. The Morgan fingerprint density at radius 2 is 1.96 bits per heavy atom. The first-order valence-electron chi connectivity index (χ1n) is 8.33. The fourth-order valence-electron chi connectivity index (χ4n) is 2.72. The SMILES string of the molecule is COc1ccc(Br)cc1CNC(=O)NC(C)c1ccc2c(c1)OCCO2. The molecule has 0 fully saturated rings. The van der Waals surface area contributed by atoms with Gasteiger partial charge in [-0.2, -0.15) is 0 Å². The molecule has 2 N–H and O–H groups in total. The molecule has 2 amide bonds. The lowest BCUT2D eigenvalue weighted by molar-refractivity contribution is 0.171. The van der Waals surface area contributed by atoms with E-state index in [0.29, 0.717) is 25.5 Å². The first kappa shape index (κ1) is 18.4. The fraction of sp³-hybridized carbons (Fsp3) is 0.316. The van der Waals surface area contributed by atoms with Gasteiger partial charge in [0.05, 0.1) is 13.2 Å². The molecule has 1 heterocycles. The van der Waals surface area contributed by atoms with E-state index >= 15 is 0 Å². The van der Waals surface area contributed by atoms with Crippen LogP contribution in [0, 0.1) is 0 Å². The molecule has 7 heteroatoms. The molecule has 2 aromatic rings. The third-order valence-electron chi connectivity index (χ3n) is 4.10. The Morgan fingerprint density at radius 3 is 2.73 bits per heavy atom. The van der Waals surface area contributed by atoms with Gasteiger partial charge in [-0.15, -0.1) is 0 Å². The average Bonchev–Trinajstić information content (AvgIpc) is 2.66. The molecule has 2 aromatic carbocycles. The molecule has 1 atom stereocenters. The molecule has 0 spiro atoms. The van der Waals surface area contributed by atoms with Gasteiger partial charge < -0.3 is 24.8 Å². The van der Waals surface area contributed by atoms with Crippen molar-refractivity contribution in [3.05, 3.63) is 52.0 Å². The van der Waals surface area contributed by atoms with E-state index in [0.717, 1.165) is 27.1 Å². The smallest absolute Gasteiger partial charge is 0.315 e. The molecule has 0 radical (unpaired) electrons. The second-order valence-corrected chi connectivity index (χ2v) is 6.82. The van der Waals surface area contributed by atoms with Crippen LogP contribution < -0.4 is 24.8 Å². The molecule has 0 bridgehead atoms. The molecule has 6 nitrogen and oxygen atoms in total. The maximum Gasteiger partial charge on any atom is 0.315 e. The number of halogens is 1.